The topological polar surface area (TPSA) is 61.9 Å². The van der Waals surface area contributed by atoms with E-state index >= 15 is 0 Å². The number of hydrogen-bond donors (Lipinski definition) is 1. The maximum absolute atomic E-state index is 13.5. The number of carbonyl (C=O) groups excluding carboxylic acids is 2. The summed E-state index contributed by atoms with van der Waals surface area (Å²) in [7, 11) is 0. The van der Waals surface area contributed by atoms with Gasteiger partial charge in [-0.3, -0.25) is 14.5 Å². The van der Waals surface area contributed by atoms with Crippen LogP contribution in [0.4, 0.5) is 20.2 Å². The molecule has 0 spiro atoms. The zero-order valence-electron chi connectivity index (χ0n) is 19.6. The summed E-state index contributed by atoms with van der Waals surface area (Å²) in [5.41, 5.74) is 1.69. The fourth-order valence-electron chi connectivity index (χ4n) is 3.87. The van der Waals surface area contributed by atoms with Crippen molar-refractivity contribution in [1.82, 2.24) is 4.90 Å². The van der Waals surface area contributed by atoms with Crippen LogP contribution < -0.4 is 15.0 Å². The number of rotatable bonds is 9. The van der Waals surface area contributed by atoms with E-state index in [4.69, 9.17) is 17.0 Å². The highest BCUT2D eigenvalue weighted by molar-refractivity contribution is 7.80. The molecule has 36 heavy (non-hydrogen) atoms. The molecule has 2 amide bonds. The van der Waals surface area contributed by atoms with Crippen LogP contribution in [0.25, 0.3) is 0 Å². The summed E-state index contributed by atoms with van der Waals surface area (Å²) in [6, 6.07) is 17.3. The van der Waals surface area contributed by atoms with E-state index in [0.29, 0.717) is 23.7 Å². The third kappa shape index (κ3) is 5.85. The molecular formula is C27H25F2N3O3S. The Kier molecular flexibility index (Phi) is 7.90. The minimum atomic E-state index is -0.889. The van der Waals surface area contributed by atoms with Gasteiger partial charge in [-0.1, -0.05) is 19.1 Å². The van der Waals surface area contributed by atoms with Gasteiger partial charge in [0.2, 0.25) is 5.91 Å². The Morgan fingerprint density at radius 1 is 0.972 bits per heavy atom. The molecule has 1 aliphatic rings. The molecule has 1 fully saturated rings. The monoisotopic (exact) mass is 509 g/mol. The smallest absolute Gasteiger partial charge is 0.256 e. The first-order valence-electron chi connectivity index (χ1n) is 11.5. The highest BCUT2D eigenvalue weighted by Gasteiger charge is 2.44. The molecule has 0 radical (unpaired) electrons. The molecule has 1 aliphatic heterocycles. The predicted molar refractivity (Wildman–Crippen MR) is 138 cm³/mol. The molecule has 4 rings (SSSR count). The Morgan fingerprint density at radius 3 is 2.19 bits per heavy atom. The van der Waals surface area contributed by atoms with E-state index in [-0.39, 0.29) is 29.8 Å². The maximum Gasteiger partial charge on any atom is 0.256 e. The lowest BCUT2D eigenvalue weighted by Gasteiger charge is -2.24. The number of anilines is 2. The first-order valence-corrected chi connectivity index (χ1v) is 11.9. The standard InChI is InChI=1S/C27H25F2N3O3S/c1-2-15-35-23-13-9-21(10-14-23)30-25(33)16-24-26(34)32(22-11-7-20(29)8-12-22)27(36)31(24)17-18-3-5-19(28)6-4-18/h3-14,24H,2,15-17H2,1H3,(H,30,33). The van der Waals surface area contributed by atoms with Gasteiger partial charge in [-0.25, -0.2) is 8.78 Å². The van der Waals surface area contributed by atoms with Crippen molar-refractivity contribution in [3.05, 3.63) is 90.0 Å². The van der Waals surface area contributed by atoms with Crippen LogP contribution in [0.3, 0.4) is 0 Å². The maximum atomic E-state index is 13.5. The fourth-order valence-corrected chi connectivity index (χ4v) is 4.26. The zero-order chi connectivity index (χ0) is 25.7. The number of halogens is 2. The van der Waals surface area contributed by atoms with Crippen molar-refractivity contribution in [2.75, 3.05) is 16.8 Å². The normalized spacial score (nSPS) is 15.4. The van der Waals surface area contributed by atoms with Crippen LogP contribution in [0, 0.1) is 11.6 Å². The van der Waals surface area contributed by atoms with Crippen molar-refractivity contribution in [2.24, 2.45) is 0 Å². The van der Waals surface area contributed by atoms with E-state index in [9.17, 15) is 18.4 Å². The lowest BCUT2D eigenvalue weighted by atomic mass is 10.1. The van der Waals surface area contributed by atoms with Crippen molar-refractivity contribution in [3.63, 3.8) is 0 Å². The minimum Gasteiger partial charge on any atom is -0.494 e. The molecule has 1 saturated heterocycles. The molecule has 186 valence electrons. The van der Waals surface area contributed by atoms with Gasteiger partial charge in [-0.05, 0) is 84.9 Å². The van der Waals surface area contributed by atoms with Crippen LogP contribution in [0.15, 0.2) is 72.8 Å². The van der Waals surface area contributed by atoms with Crippen molar-refractivity contribution in [2.45, 2.75) is 32.4 Å². The number of amides is 2. The van der Waals surface area contributed by atoms with Gasteiger partial charge in [0, 0.05) is 12.2 Å². The third-order valence-corrected chi connectivity index (χ3v) is 6.08. The second kappa shape index (κ2) is 11.3. The predicted octanol–water partition coefficient (Wildman–Crippen LogP) is 5.28. The van der Waals surface area contributed by atoms with Crippen LogP contribution in [-0.4, -0.2) is 34.5 Å². The number of nitrogens with one attached hydrogen (secondary N) is 1. The van der Waals surface area contributed by atoms with E-state index < -0.39 is 17.8 Å². The van der Waals surface area contributed by atoms with Gasteiger partial charge in [0.15, 0.2) is 5.11 Å². The lowest BCUT2D eigenvalue weighted by molar-refractivity contribution is -0.124. The van der Waals surface area contributed by atoms with Crippen LogP contribution in [0.5, 0.6) is 5.75 Å². The Hall–Kier alpha value is -3.85. The van der Waals surface area contributed by atoms with Crippen molar-refractivity contribution >= 4 is 40.5 Å². The number of carbonyl (C=O) groups is 2. The summed E-state index contributed by atoms with van der Waals surface area (Å²) in [5, 5.41) is 2.99. The molecule has 9 heteroatoms. The SMILES string of the molecule is CCCOc1ccc(NC(=O)CC2C(=O)N(c3ccc(F)cc3)C(=S)N2Cc2ccc(F)cc2)cc1. The largest absolute Gasteiger partial charge is 0.494 e. The number of thiocarbonyl (C=S) groups is 1. The van der Waals surface area contributed by atoms with Gasteiger partial charge in [-0.15, -0.1) is 0 Å². The fraction of sp³-hybridized carbons (Fsp3) is 0.222. The molecule has 0 bridgehead atoms. The third-order valence-electron chi connectivity index (χ3n) is 5.66. The van der Waals surface area contributed by atoms with Gasteiger partial charge in [0.1, 0.15) is 23.4 Å². The molecule has 3 aromatic rings. The average Bonchev–Trinajstić information content (AvgIpc) is 3.09. The second-order valence-electron chi connectivity index (χ2n) is 8.33. The molecule has 0 aliphatic carbocycles. The summed E-state index contributed by atoms with van der Waals surface area (Å²) < 4.78 is 32.4. The average molecular weight is 510 g/mol. The van der Waals surface area contributed by atoms with Crippen molar-refractivity contribution < 1.29 is 23.1 Å². The summed E-state index contributed by atoms with van der Waals surface area (Å²) in [4.78, 5) is 29.3. The molecule has 1 heterocycles. The summed E-state index contributed by atoms with van der Waals surface area (Å²) >= 11 is 5.61. The van der Waals surface area contributed by atoms with Gasteiger partial charge in [-0.2, -0.15) is 0 Å². The van der Waals surface area contributed by atoms with E-state index in [0.717, 1.165) is 12.0 Å². The van der Waals surface area contributed by atoms with Crippen LogP contribution in [0.1, 0.15) is 25.3 Å². The highest BCUT2D eigenvalue weighted by Crippen LogP contribution is 2.29. The van der Waals surface area contributed by atoms with Gasteiger partial charge in [0.05, 0.1) is 18.7 Å². The lowest BCUT2D eigenvalue weighted by Crippen LogP contribution is -2.37. The number of hydrogen-bond acceptors (Lipinski definition) is 4. The molecule has 1 atom stereocenters. The number of benzene rings is 3. The number of ether oxygens (including phenoxy) is 1. The minimum absolute atomic E-state index is 0.161. The molecular weight excluding hydrogens is 484 g/mol. The second-order valence-corrected chi connectivity index (χ2v) is 8.69. The van der Waals surface area contributed by atoms with Crippen molar-refractivity contribution in [1.29, 1.82) is 0 Å². The Bertz CT molecular complexity index is 1230. The summed E-state index contributed by atoms with van der Waals surface area (Å²) in [5.74, 6) is -0.891. The number of nitrogens with zero attached hydrogens (tertiary/aromatic N) is 2. The Morgan fingerprint density at radius 2 is 1.58 bits per heavy atom. The van der Waals surface area contributed by atoms with Crippen LogP contribution >= 0.6 is 12.2 Å². The van der Waals surface area contributed by atoms with Gasteiger partial charge in [0.25, 0.3) is 5.91 Å². The Balaban J connectivity index is 1.53. The first kappa shape index (κ1) is 25.2. The van der Waals surface area contributed by atoms with Gasteiger partial charge < -0.3 is 15.0 Å². The summed E-state index contributed by atoms with van der Waals surface area (Å²) in [6.45, 7) is 2.81. The molecule has 0 saturated carbocycles. The molecule has 1 N–H and O–H groups in total. The molecule has 3 aromatic carbocycles. The van der Waals surface area contributed by atoms with E-state index in [1.54, 1.807) is 41.3 Å². The van der Waals surface area contributed by atoms with E-state index in [1.165, 1.54) is 41.3 Å². The Labute approximate surface area is 213 Å². The van der Waals surface area contributed by atoms with E-state index in [2.05, 4.69) is 5.32 Å². The highest BCUT2D eigenvalue weighted by atomic mass is 32.1. The molecule has 1 unspecified atom stereocenters. The van der Waals surface area contributed by atoms with E-state index in [1.807, 2.05) is 6.92 Å². The van der Waals surface area contributed by atoms with Crippen molar-refractivity contribution in [3.8, 4) is 5.75 Å². The molecule has 6 nitrogen and oxygen atoms in total. The molecule has 0 aromatic heterocycles. The quantitative estimate of drug-likeness (QED) is 0.398. The zero-order valence-corrected chi connectivity index (χ0v) is 20.4. The summed E-state index contributed by atoms with van der Waals surface area (Å²) in [6.07, 6.45) is 0.727. The van der Waals surface area contributed by atoms with Crippen LogP contribution in [-0.2, 0) is 16.1 Å². The first-order chi connectivity index (χ1) is 17.4. The van der Waals surface area contributed by atoms with Gasteiger partial charge >= 0.3 is 0 Å². The van der Waals surface area contributed by atoms with Crippen LogP contribution in [0.2, 0.25) is 0 Å².